The molecule has 0 spiro atoms. The summed E-state index contributed by atoms with van der Waals surface area (Å²) < 4.78 is 57.9. The van der Waals surface area contributed by atoms with E-state index in [1.807, 2.05) is 6.07 Å². The lowest BCUT2D eigenvalue weighted by atomic mass is 9.96. The lowest BCUT2D eigenvalue weighted by Gasteiger charge is -2.14. The van der Waals surface area contributed by atoms with Gasteiger partial charge in [0.05, 0.1) is 22.7 Å². The molecule has 10 heteroatoms. The van der Waals surface area contributed by atoms with Gasteiger partial charge >= 0.3 is 6.18 Å². The molecule has 3 aromatic carbocycles. The normalized spacial score (nSPS) is 12.2. The molecule has 1 amide bonds. The Balaban J connectivity index is 2.00. The first-order valence-electron chi connectivity index (χ1n) is 10.1. The lowest BCUT2D eigenvalue weighted by Crippen LogP contribution is -2.18. The van der Waals surface area contributed by atoms with Crippen molar-refractivity contribution >= 4 is 17.5 Å². The standard InChI is InChI=1S/C25H15ClF4N4O/c26-21(15-6-2-1-3-7-15)16-9-10-19(27)18(12-16)20-22(24(32)35)34(33-23(20)25(28,29)30)17-8-4-5-14(11-17)13-31/h1-12,21H,(H2,32,35). The molecule has 0 saturated heterocycles. The summed E-state index contributed by atoms with van der Waals surface area (Å²) in [5.74, 6) is -2.29. The first-order chi connectivity index (χ1) is 16.6. The summed E-state index contributed by atoms with van der Waals surface area (Å²) in [6, 6.07) is 19.4. The molecule has 0 saturated carbocycles. The minimum Gasteiger partial charge on any atom is -0.364 e. The summed E-state index contributed by atoms with van der Waals surface area (Å²) in [6.07, 6.45) is -5.06. The van der Waals surface area contributed by atoms with E-state index in [1.165, 1.54) is 30.3 Å². The highest BCUT2D eigenvalue weighted by molar-refractivity contribution is 6.22. The second-order valence-corrected chi connectivity index (χ2v) is 7.96. The molecule has 1 aromatic heterocycles. The predicted molar refractivity (Wildman–Crippen MR) is 121 cm³/mol. The molecular weight excluding hydrogens is 484 g/mol. The number of primary amides is 1. The molecule has 176 valence electrons. The largest absolute Gasteiger partial charge is 0.435 e. The monoisotopic (exact) mass is 498 g/mol. The van der Waals surface area contributed by atoms with E-state index in [0.29, 0.717) is 15.8 Å². The van der Waals surface area contributed by atoms with Crippen molar-refractivity contribution < 1.29 is 22.4 Å². The van der Waals surface area contributed by atoms with Crippen LogP contribution in [0.4, 0.5) is 17.6 Å². The topological polar surface area (TPSA) is 84.7 Å². The molecule has 0 bridgehead atoms. The van der Waals surface area contributed by atoms with Gasteiger partial charge in [-0.15, -0.1) is 11.6 Å². The highest BCUT2D eigenvalue weighted by Crippen LogP contribution is 2.42. The molecule has 1 unspecified atom stereocenters. The zero-order chi connectivity index (χ0) is 25.3. The van der Waals surface area contributed by atoms with Gasteiger partial charge in [-0.1, -0.05) is 42.5 Å². The van der Waals surface area contributed by atoms with Crippen molar-refractivity contribution in [3.8, 4) is 22.9 Å². The fourth-order valence-corrected chi connectivity index (χ4v) is 3.98. The van der Waals surface area contributed by atoms with Gasteiger partial charge in [0.15, 0.2) is 5.69 Å². The van der Waals surface area contributed by atoms with Gasteiger partial charge in [0.25, 0.3) is 5.91 Å². The summed E-state index contributed by atoms with van der Waals surface area (Å²) >= 11 is 6.52. The van der Waals surface area contributed by atoms with E-state index in [1.54, 1.807) is 30.3 Å². The minimum atomic E-state index is -5.06. The lowest BCUT2D eigenvalue weighted by molar-refractivity contribution is -0.140. The molecular formula is C25H15ClF4N4O. The summed E-state index contributed by atoms with van der Waals surface area (Å²) in [4.78, 5) is 12.4. The summed E-state index contributed by atoms with van der Waals surface area (Å²) in [6.45, 7) is 0. The first kappa shape index (κ1) is 24.0. The molecule has 5 nitrogen and oxygen atoms in total. The van der Waals surface area contributed by atoms with Crippen LogP contribution in [0.1, 0.15) is 38.2 Å². The molecule has 4 rings (SSSR count). The average Bonchev–Trinajstić information content (AvgIpc) is 3.26. The fraction of sp³-hybridized carbons (Fsp3) is 0.0800. The summed E-state index contributed by atoms with van der Waals surface area (Å²) in [5.41, 5.74) is 2.97. The van der Waals surface area contributed by atoms with Crippen LogP contribution in [0.3, 0.4) is 0 Å². The number of hydrogen-bond donors (Lipinski definition) is 1. The van der Waals surface area contributed by atoms with Crippen LogP contribution in [0.25, 0.3) is 16.8 Å². The molecule has 0 aliphatic rings. The first-order valence-corrected chi connectivity index (χ1v) is 10.5. The number of carbonyl (C=O) groups excluding carboxylic acids is 1. The Morgan fingerprint density at radius 3 is 2.37 bits per heavy atom. The molecule has 0 fully saturated rings. The minimum absolute atomic E-state index is 0.0225. The third kappa shape index (κ3) is 4.61. The zero-order valence-corrected chi connectivity index (χ0v) is 18.5. The van der Waals surface area contributed by atoms with Gasteiger partial charge in [-0.05, 0) is 41.5 Å². The SMILES string of the molecule is N#Cc1cccc(-n2nc(C(F)(F)F)c(-c3cc(C(Cl)c4ccccc4)ccc3F)c2C(N)=O)c1. The molecule has 4 aromatic rings. The Bertz CT molecular complexity index is 1460. The Morgan fingerprint density at radius 1 is 1.03 bits per heavy atom. The van der Waals surface area contributed by atoms with Crippen LogP contribution < -0.4 is 5.73 Å². The molecule has 0 radical (unpaired) electrons. The third-order valence-corrected chi connectivity index (χ3v) is 5.76. The number of hydrogen-bond acceptors (Lipinski definition) is 3. The Kier molecular flexibility index (Phi) is 6.33. The highest BCUT2D eigenvalue weighted by Gasteiger charge is 2.42. The van der Waals surface area contributed by atoms with Crippen LogP contribution in [-0.4, -0.2) is 15.7 Å². The number of aromatic nitrogens is 2. The smallest absolute Gasteiger partial charge is 0.364 e. The quantitative estimate of drug-likeness (QED) is 0.271. The average molecular weight is 499 g/mol. The van der Waals surface area contributed by atoms with Crippen molar-refractivity contribution in [3.05, 3.63) is 107 Å². The number of nitriles is 1. The van der Waals surface area contributed by atoms with Gasteiger partial charge in [0.1, 0.15) is 11.5 Å². The summed E-state index contributed by atoms with van der Waals surface area (Å²) in [5, 5.41) is 11.9. The maximum Gasteiger partial charge on any atom is 0.435 e. The van der Waals surface area contributed by atoms with Crippen LogP contribution in [0.15, 0.2) is 72.8 Å². The van der Waals surface area contributed by atoms with Crippen LogP contribution in [0.2, 0.25) is 0 Å². The third-order valence-electron chi connectivity index (χ3n) is 5.25. The number of rotatable bonds is 5. The number of nitrogens with two attached hydrogens (primary N) is 1. The number of halogens is 5. The Hall–Kier alpha value is -4.16. The Labute approximate surface area is 202 Å². The van der Waals surface area contributed by atoms with Crippen molar-refractivity contribution in [2.75, 3.05) is 0 Å². The highest BCUT2D eigenvalue weighted by atomic mass is 35.5. The van der Waals surface area contributed by atoms with E-state index in [0.717, 1.165) is 12.1 Å². The predicted octanol–water partition coefficient (Wildman–Crippen LogP) is 6.00. The van der Waals surface area contributed by atoms with E-state index in [9.17, 15) is 18.0 Å². The maximum absolute atomic E-state index is 15.0. The second kappa shape index (κ2) is 9.24. The number of carbonyl (C=O) groups is 1. The van der Waals surface area contributed by atoms with Crippen molar-refractivity contribution in [2.24, 2.45) is 5.73 Å². The van der Waals surface area contributed by atoms with Crippen LogP contribution in [0, 0.1) is 17.1 Å². The van der Waals surface area contributed by atoms with E-state index in [-0.39, 0.29) is 11.3 Å². The number of nitrogens with zero attached hydrogens (tertiary/aromatic N) is 3. The molecule has 0 aliphatic carbocycles. The number of benzene rings is 3. The number of amides is 1. The maximum atomic E-state index is 15.0. The van der Waals surface area contributed by atoms with Crippen LogP contribution >= 0.6 is 11.6 Å². The molecule has 1 heterocycles. The molecule has 2 N–H and O–H groups in total. The van der Waals surface area contributed by atoms with Crippen molar-refractivity contribution in [1.82, 2.24) is 9.78 Å². The Morgan fingerprint density at radius 2 is 1.74 bits per heavy atom. The molecule has 0 aliphatic heterocycles. The zero-order valence-electron chi connectivity index (χ0n) is 17.7. The summed E-state index contributed by atoms with van der Waals surface area (Å²) in [7, 11) is 0. The van der Waals surface area contributed by atoms with E-state index in [2.05, 4.69) is 5.10 Å². The van der Waals surface area contributed by atoms with Gasteiger partial charge < -0.3 is 5.73 Å². The van der Waals surface area contributed by atoms with Gasteiger partial charge in [-0.3, -0.25) is 4.79 Å². The van der Waals surface area contributed by atoms with Crippen LogP contribution in [-0.2, 0) is 6.18 Å². The fourth-order valence-electron chi connectivity index (χ4n) is 3.70. The number of alkyl halides is 4. The van der Waals surface area contributed by atoms with Gasteiger partial charge in [-0.25, -0.2) is 9.07 Å². The van der Waals surface area contributed by atoms with Crippen molar-refractivity contribution in [3.63, 3.8) is 0 Å². The van der Waals surface area contributed by atoms with E-state index in [4.69, 9.17) is 22.6 Å². The van der Waals surface area contributed by atoms with Crippen LogP contribution in [0.5, 0.6) is 0 Å². The van der Waals surface area contributed by atoms with Gasteiger partial charge in [0, 0.05) is 11.1 Å². The van der Waals surface area contributed by atoms with Crippen molar-refractivity contribution in [2.45, 2.75) is 11.6 Å². The molecule has 35 heavy (non-hydrogen) atoms. The molecule has 1 atom stereocenters. The van der Waals surface area contributed by atoms with E-state index >= 15 is 4.39 Å². The van der Waals surface area contributed by atoms with Gasteiger partial charge in [0.2, 0.25) is 0 Å². The van der Waals surface area contributed by atoms with Gasteiger partial charge in [-0.2, -0.15) is 23.5 Å². The van der Waals surface area contributed by atoms with E-state index < -0.39 is 45.8 Å². The second-order valence-electron chi connectivity index (χ2n) is 7.52. The van der Waals surface area contributed by atoms with Crippen molar-refractivity contribution in [1.29, 1.82) is 5.26 Å².